The van der Waals surface area contributed by atoms with Gasteiger partial charge in [0.15, 0.2) is 11.6 Å². The van der Waals surface area contributed by atoms with Gasteiger partial charge in [-0.2, -0.15) is 0 Å². The Morgan fingerprint density at radius 1 is 0.711 bits per heavy atom. The van der Waals surface area contributed by atoms with E-state index in [9.17, 15) is 34.5 Å². The number of Topliss-reactive ketones (excluding diaryl/α,β-unsaturated/α-hetero) is 2. The molecule has 3 N–H and O–H groups in total. The number of hydrogen-bond donors (Lipinski definition) is 3. The smallest absolute Gasteiger partial charge is 0.339 e. The first-order valence-corrected chi connectivity index (χ1v) is 11.9. The summed E-state index contributed by atoms with van der Waals surface area (Å²) in [6, 6.07) is 18.5. The molecular formula is C30H30O8. The number of hydrogen-bond acceptors (Lipinski definition) is 7. The zero-order valence-electron chi connectivity index (χ0n) is 21.6. The molecule has 0 saturated heterocycles. The molecule has 3 aromatic carbocycles. The fourth-order valence-corrected chi connectivity index (χ4v) is 3.83. The van der Waals surface area contributed by atoms with E-state index >= 15 is 0 Å². The van der Waals surface area contributed by atoms with Crippen LogP contribution in [0.25, 0.3) is 0 Å². The maximum Gasteiger partial charge on any atom is 0.339 e. The van der Waals surface area contributed by atoms with Gasteiger partial charge < -0.3 is 20.1 Å². The average molecular weight is 519 g/mol. The van der Waals surface area contributed by atoms with Crippen molar-refractivity contribution in [3.05, 3.63) is 106 Å². The van der Waals surface area contributed by atoms with E-state index in [0.29, 0.717) is 16.7 Å². The minimum atomic E-state index is -1.56. The predicted molar refractivity (Wildman–Crippen MR) is 139 cm³/mol. The van der Waals surface area contributed by atoms with Crippen LogP contribution >= 0.6 is 0 Å². The van der Waals surface area contributed by atoms with Crippen LogP contribution in [0.3, 0.4) is 0 Å². The van der Waals surface area contributed by atoms with Gasteiger partial charge in [0, 0.05) is 17.5 Å². The van der Waals surface area contributed by atoms with E-state index in [1.807, 2.05) is 0 Å². The molecule has 198 valence electrons. The first-order valence-electron chi connectivity index (χ1n) is 11.9. The number of benzene rings is 3. The fraction of sp³-hybridized carbons (Fsp3) is 0.267. The number of rotatable bonds is 10. The largest absolute Gasteiger partial charge is 0.478 e. The highest BCUT2D eigenvalue weighted by molar-refractivity contribution is 6.03. The minimum Gasteiger partial charge on any atom is -0.478 e. The van der Waals surface area contributed by atoms with Crippen molar-refractivity contribution in [2.75, 3.05) is 0 Å². The average Bonchev–Trinajstić information content (AvgIpc) is 2.86. The van der Waals surface area contributed by atoms with Crippen LogP contribution in [0, 0.1) is 0 Å². The van der Waals surface area contributed by atoms with Crippen molar-refractivity contribution < 1.29 is 39.2 Å². The number of carbonyl (C=O) groups is 4. The molecular weight excluding hydrogens is 488 g/mol. The van der Waals surface area contributed by atoms with E-state index in [4.69, 9.17) is 4.74 Å². The van der Waals surface area contributed by atoms with Crippen LogP contribution in [0.2, 0.25) is 0 Å². The number of aromatic carboxylic acids is 1. The van der Waals surface area contributed by atoms with E-state index < -0.39 is 40.8 Å². The third kappa shape index (κ3) is 6.79. The van der Waals surface area contributed by atoms with Gasteiger partial charge in [0.05, 0.1) is 11.1 Å². The maximum atomic E-state index is 13.1. The molecule has 8 heteroatoms. The van der Waals surface area contributed by atoms with Gasteiger partial charge in [0.25, 0.3) is 0 Å². The third-order valence-electron chi connectivity index (χ3n) is 5.92. The van der Waals surface area contributed by atoms with Crippen LogP contribution in [0.1, 0.15) is 86.4 Å². The lowest BCUT2D eigenvalue weighted by atomic mass is 9.93. The molecule has 0 aliphatic rings. The predicted octanol–water partition coefficient (Wildman–Crippen LogP) is 4.43. The molecule has 0 radical (unpaired) electrons. The van der Waals surface area contributed by atoms with Crippen molar-refractivity contribution in [1.29, 1.82) is 0 Å². The topological polar surface area (TPSA) is 138 Å². The molecule has 3 aromatic rings. The Bertz CT molecular complexity index is 1340. The number of carbonyl (C=O) groups excluding carboxylic acids is 3. The number of aliphatic hydroxyl groups is 2. The van der Waals surface area contributed by atoms with Crippen molar-refractivity contribution in [3.63, 3.8) is 0 Å². The van der Waals surface area contributed by atoms with Crippen molar-refractivity contribution in [2.45, 2.75) is 51.4 Å². The van der Waals surface area contributed by atoms with Crippen molar-refractivity contribution in [2.24, 2.45) is 0 Å². The maximum absolute atomic E-state index is 13.1. The summed E-state index contributed by atoms with van der Waals surface area (Å²) >= 11 is 0. The highest BCUT2D eigenvalue weighted by Crippen LogP contribution is 2.27. The van der Waals surface area contributed by atoms with Gasteiger partial charge in [-0.05, 0) is 51.0 Å². The molecule has 0 aromatic heterocycles. The van der Waals surface area contributed by atoms with Crippen LogP contribution in [0.15, 0.2) is 72.8 Å². The molecule has 0 heterocycles. The lowest BCUT2D eigenvalue weighted by Gasteiger charge is -2.21. The van der Waals surface area contributed by atoms with Crippen LogP contribution in [0.4, 0.5) is 0 Å². The highest BCUT2D eigenvalue weighted by Gasteiger charge is 2.28. The van der Waals surface area contributed by atoms with Gasteiger partial charge in [0.2, 0.25) is 0 Å². The summed E-state index contributed by atoms with van der Waals surface area (Å²) in [7, 11) is 0. The van der Waals surface area contributed by atoms with Crippen LogP contribution in [-0.2, 0) is 11.2 Å². The second-order valence-electron chi connectivity index (χ2n) is 10.0. The number of ketones is 2. The standard InChI is InChI=1S/C30H30O8/c1-29(2,36)25(31)20-11-9-18(10-12-20)17-24(19-13-15-21(16-14-19)26(32)30(3,4)37)38-28(35)23-8-6-5-7-22(23)27(33)34/h5-16,24,36-37H,17H2,1-4H3,(H,33,34). The summed E-state index contributed by atoms with van der Waals surface area (Å²) in [5.74, 6) is -3.02. The molecule has 8 nitrogen and oxygen atoms in total. The first kappa shape index (κ1) is 28.4. The molecule has 0 spiro atoms. The second-order valence-corrected chi connectivity index (χ2v) is 10.0. The fourth-order valence-electron chi connectivity index (χ4n) is 3.83. The number of ether oxygens (including phenoxy) is 1. The molecule has 0 aliphatic heterocycles. The third-order valence-corrected chi connectivity index (χ3v) is 5.92. The number of carboxylic acids is 1. The molecule has 1 unspecified atom stereocenters. The highest BCUT2D eigenvalue weighted by atomic mass is 16.5. The van der Waals surface area contributed by atoms with Crippen LogP contribution in [-0.4, -0.2) is 50.0 Å². The molecule has 38 heavy (non-hydrogen) atoms. The summed E-state index contributed by atoms with van der Waals surface area (Å²) in [5, 5.41) is 29.5. The zero-order chi connectivity index (χ0) is 28.3. The van der Waals surface area contributed by atoms with Crippen LogP contribution in [0.5, 0.6) is 0 Å². The Labute approximate surface area is 220 Å². The van der Waals surface area contributed by atoms with Crippen molar-refractivity contribution in [1.82, 2.24) is 0 Å². The van der Waals surface area contributed by atoms with Gasteiger partial charge in [-0.1, -0.05) is 60.7 Å². The lowest BCUT2D eigenvalue weighted by molar-refractivity contribution is 0.0291. The normalized spacial score (nSPS) is 12.5. The van der Waals surface area contributed by atoms with Gasteiger partial charge in [-0.15, -0.1) is 0 Å². The lowest BCUT2D eigenvalue weighted by Crippen LogP contribution is -2.31. The zero-order valence-corrected chi connectivity index (χ0v) is 21.6. The molecule has 1 atom stereocenters. The summed E-state index contributed by atoms with van der Waals surface area (Å²) in [5.41, 5.74) is -1.55. The Kier molecular flexibility index (Phi) is 8.29. The van der Waals surface area contributed by atoms with Gasteiger partial charge in [-0.3, -0.25) is 9.59 Å². The summed E-state index contributed by atoms with van der Waals surface area (Å²) in [6.07, 6.45) is -0.692. The van der Waals surface area contributed by atoms with Crippen molar-refractivity contribution in [3.8, 4) is 0 Å². The van der Waals surface area contributed by atoms with E-state index in [2.05, 4.69) is 0 Å². The molecule has 0 aliphatic carbocycles. The quantitative estimate of drug-likeness (QED) is 0.265. The summed E-state index contributed by atoms with van der Waals surface area (Å²) in [4.78, 5) is 49.4. The summed E-state index contributed by atoms with van der Waals surface area (Å²) in [6.45, 7) is 5.58. The Hall–Kier alpha value is -4.14. The number of carboxylic acid groups (broad SMARTS) is 1. The van der Waals surface area contributed by atoms with E-state index in [1.54, 1.807) is 36.4 Å². The number of esters is 1. The Morgan fingerprint density at radius 2 is 1.16 bits per heavy atom. The Morgan fingerprint density at radius 3 is 1.61 bits per heavy atom. The molecule has 3 rings (SSSR count). The second kappa shape index (κ2) is 11.1. The van der Waals surface area contributed by atoms with E-state index in [1.165, 1.54) is 64.1 Å². The molecule has 0 fully saturated rings. The minimum absolute atomic E-state index is 0.107. The molecule has 0 amide bonds. The molecule has 0 bridgehead atoms. The van der Waals surface area contributed by atoms with Gasteiger partial charge >= 0.3 is 11.9 Å². The van der Waals surface area contributed by atoms with Crippen LogP contribution < -0.4 is 0 Å². The summed E-state index contributed by atoms with van der Waals surface area (Å²) < 4.78 is 5.77. The monoisotopic (exact) mass is 518 g/mol. The molecule has 0 saturated carbocycles. The first-order chi connectivity index (χ1) is 17.7. The SMILES string of the molecule is CC(C)(O)C(=O)c1ccc(CC(OC(=O)c2ccccc2C(=O)O)c2ccc(C(=O)C(C)(C)O)cc2)cc1. The van der Waals surface area contributed by atoms with E-state index in [-0.39, 0.29) is 23.1 Å². The van der Waals surface area contributed by atoms with Gasteiger partial charge in [-0.25, -0.2) is 9.59 Å². The Balaban J connectivity index is 1.94. The van der Waals surface area contributed by atoms with Gasteiger partial charge in [0.1, 0.15) is 17.3 Å². The van der Waals surface area contributed by atoms with E-state index in [0.717, 1.165) is 0 Å². The van der Waals surface area contributed by atoms with Crippen molar-refractivity contribution >= 4 is 23.5 Å².